The van der Waals surface area contributed by atoms with Crippen LogP contribution in [0.4, 0.5) is 0 Å². The van der Waals surface area contributed by atoms with Crippen LogP contribution >= 0.6 is 0 Å². The van der Waals surface area contributed by atoms with Crippen molar-refractivity contribution in [1.82, 2.24) is 9.55 Å². The number of carbonyl (C=O) groups is 1. The predicted octanol–water partition coefficient (Wildman–Crippen LogP) is 3.37. The maximum absolute atomic E-state index is 10.8. The van der Waals surface area contributed by atoms with E-state index in [0.717, 1.165) is 22.4 Å². The lowest BCUT2D eigenvalue weighted by atomic mass is 10.1. The Morgan fingerprint density at radius 2 is 2.00 bits per heavy atom. The molecule has 1 aromatic carbocycles. The highest BCUT2D eigenvalue weighted by atomic mass is 16.4. The Morgan fingerprint density at radius 1 is 1.32 bits per heavy atom. The number of imidazole rings is 1. The van der Waals surface area contributed by atoms with Gasteiger partial charge in [-0.2, -0.15) is 0 Å². The maximum atomic E-state index is 10.8. The van der Waals surface area contributed by atoms with Crippen molar-refractivity contribution in [3.63, 3.8) is 0 Å². The first-order chi connectivity index (χ1) is 8.90. The number of hydrogen-bond donors (Lipinski definition) is 1. The molecule has 0 saturated heterocycles. The summed E-state index contributed by atoms with van der Waals surface area (Å²) in [7, 11) is 0. The SMILES string of the molecule is CC(C)c1nc2cc(CC(=O)O)ccc2n1C(C)C. The van der Waals surface area contributed by atoms with Crippen LogP contribution in [0.5, 0.6) is 0 Å². The molecule has 2 rings (SSSR count). The summed E-state index contributed by atoms with van der Waals surface area (Å²) in [5, 5.41) is 8.85. The van der Waals surface area contributed by atoms with E-state index in [9.17, 15) is 4.79 Å². The third-order valence-electron chi connectivity index (χ3n) is 3.17. The molecule has 0 aliphatic heterocycles. The fourth-order valence-corrected chi connectivity index (χ4v) is 2.40. The molecule has 0 atom stereocenters. The molecular formula is C15H20N2O2. The quantitative estimate of drug-likeness (QED) is 0.917. The number of carboxylic acid groups (broad SMARTS) is 1. The van der Waals surface area contributed by atoms with E-state index in [4.69, 9.17) is 5.11 Å². The molecular weight excluding hydrogens is 240 g/mol. The lowest BCUT2D eigenvalue weighted by Gasteiger charge is -2.14. The van der Waals surface area contributed by atoms with Gasteiger partial charge in [-0.3, -0.25) is 4.79 Å². The predicted molar refractivity (Wildman–Crippen MR) is 75.5 cm³/mol. The molecule has 0 aliphatic carbocycles. The van der Waals surface area contributed by atoms with Crippen LogP contribution in [0.1, 0.15) is 51.0 Å². The Labute approximate surface area is 113 Å². The van der Waals surface area contributed by atoms with Gasteiger partial charge in [-0.05, 0) is 31.5 Å². The third-order valence-corrected chi connectivity index (χ3v) is 3.17. The molecule has 2 aromatic rings. The van der Waals surface area contributed by atoms with Crippen LogP contribution in [0.2, 0.25) is 0 Å². The zero-order valence-corrected chi connectivity index (χ0v) is 11.8. The molecule has 0 fully saturated rings. The van der Waals surface area contributed by atoms with Crippen molar-refractivity contribution in [1.29, 1.82) is 0 Å². The van der Waals surface area contributed by atoms with Crippen LogP contribution in [0.25, 0.3) is 11.0 Å². The summed E-state index contributed by atoms with van der Waals surface area (Å²) in [6, 6.07) is 6.08. The van der Waals surface area contributed by atoms with Crippen molar-refractivity contribution >= 4 is 17.0 Å². The molecule has 19 heavy (non-hydrogen) atoms. The van der Waals surface area contributed by atoms with Crippen LogP contribution in [-0.4, -0.2) is 20.6 Å². The largest absolute Gasteiger partial charge is 0.481 e. The monoisotopic (exact) mass is 260 g/mol. The first kappa shape index (κ1) is 13.6. The van der Waals surface area contributed by atoms with Gasteiger partial charge in [0, 0.05) is 12.0 Å². The Kier molecular flexibility index (Phi) is 3.60. The summed E-state index contributed by atoms with van der Waals surface area (Å²) < 4.78 is 2.23. The van der Waals surface area contributed by atoms with E-state index in [2.05, 4.69) is 37.2 Å². The van der Waals surface area contributed by atoms with Gasteiger partial charge in [0.05, 0.1) is 17.5 Å². The average molecular weight is 260 g/mol. The normalized spacial score (nSPS) is 11.7. The number of fused-ring (bicyclic) bond motifs is 1. The number of benzene rings is 1. The van der Waals surface area contributed by atoms with E-state index in [0.29, 0.717) is 12.0 Å². The van der Waals surface area contributed by atoms with E-state index in [1.54, 1.807) is 0 Å². The van der Waals surface area contributed by atoms with Crippen molar-refractivity contribution in [2.75, 3.05) is 0 Å². The van der Waals surface area contributed by atoms with Crippen LogP contribution < -0.4 is 0 Å². The summed E-state index contributed by atoms with van der Waals surface area (Å²) in [6.07, 6.45) is 0.0431. The minimum absolute atomic E-state index is 0.0431. The minimum Gasteiger partial charge on any atom is -0.481 e. The van der Waals surface area contributed by atoms with Crippen LogP contribution in [0.15, 0.2) is 18.2 Å². The van der Waals surface area contributed by atoms with E-state index in [1.807, 2.05) is 18.2 Å². The van der Waals surface area contributed by atoms with Gasteiger partial charge in [0.25, 0.3) is 0 Å². The summed E-state index contributed by atoms with van der Waals surface area (Å²) in [6.45, 7) is 8.52. The lowest BCUT2D eigenvalue weighted by molar-refractivity contribution is -0.136. The van der Waals surface area contributed by atoms with Gasteiger partial charge >= 0.3 is 5.97 Å². The summed E-state index contributed by atoms with van der Waals surface area (Å²) in [5.41, 5.74) is 2.76. The number of aliphatic carboxylic acids is 1. The Morgan fingerprint density at radius 3 is 2.53 bits per heavy atom. The number of aromatic nitrogens is 2. The van der Waals surface area contributed by atoms with Crippen LogP contribution in [-0.2, 0) is 11.2 Å². The highest BCUT2D eigenvalue weighted by Gasteiger charge is 2.16. The number of hydrogen-bond acceptors (Lipinski definition) is 2. The molecule has 4 heteroatoms. The summed E-state index contributed by atoms with van der Waals surface area (Å²) >= 11 is 0. The van der Waals surface area contributed by atoms with Crippen molar-refractivity contribution < 1.29 is 9.90 Å². The van der Waals surface area contributed by atoms with Crippen molar-refractivity contribution in [3.8, 4) is 0 Å². The molecule has 1 N–H and O–H groups in total. The fourth-order valence-electron chi connectivity index (χ4n) is 2.40. The van der Waals surface area contributed by atoms with Crippen molar-refractivity contribution in [2.24, 2.45) is 0 Å². The van der Waals surface area contributed by atoms with Crippen LogP contribution in [0.3, 0.4) is 0 Å². The molecule has 1 heterocycles. The molecule has 0 unspecified atom stereocenters. The lowest BCUT2D eigenvalue weighted by Crippen LogP contribution is -2.07. The number of nitrogens with zero attached hydrogens (tertiary/aromatic N) is 2. The first-order valence-electron chi connectivity index (χ1n) is 6.62. The molecule has 0 saturated carbocycles. The second-order valence-electron chi connectivity index (χ2n) is 5.48. The molecule has 102 valence electrons. The van der Waals surface area contributed by atoms with Gasteiger partial charge in [-0.15, -0.1) is 0 Å². The molecule has 0 amide bonds. The standard InChI is InChI=1S/C15H20N2O2/c1-9(2)15-16-12-7-11(8-14(18)19)5-6-13(12)17(15)10(3)4/h5-7,9-10H,8H2,1-4H3,(H,18,19). The Balaban J connectivity index is 2.59. The second kappa shape index (κ2) is 5.03. The Hall–Kier alpha value is -1.84. The topological polar surface area (TPSA) is 55.1 Å². The molecule has 0 bridgehead atoms. The van der Waals surface area contributed by atoms with Gasteiger partial charge in [-0.1, -0.05) is 19.9 Å². The van der Waals surface area contributed by atoms with Crippen LogP contribution in [0, 0.1) is 0 Å². The molecule has 0 aliphatic rings. The smallest absolute Gasteiger partial charge is 0.307 e. The highest BCUT2D eigenvalue weighted by molar-refractivity contribution is 5.79. The van der Waals surface area contributed by atoms with Gasteiger partial charge in [-0.25, -0.2) is 4.98 Å². The Bertz CT molecular complexity index is 612. The van der Waals surface area contributed by atoms with Gasteiger partial charge in [0.1, 0.15) is 5.82 Å². The summed E-state index contributed by atoms with van der Waals surface area (Å²) in [5.74, 6) is 0.585. The average Bonchev–Trinajstić information content (AvgIpc) is 2.66. The zero-order valence-electron chi connectivity index (χ0n) is 11.8. The number of rotatable bonds is 4. The summed E-state index contributed by atoms with van der Waals surface area (Å²) in [4.78, 5) is 15.4. The first-order valence-corrected chi connectivity index (χ1v) is 6.62. The molecule has 1 aromatic heterocycles. The molecule has 4 nitrogen and oxygen atoms in total. The number of carboxylic acids is 1. The molecule has 0 spiro atoms. The van der Waals surface area contributed by atoms with E-state index in [-0.39, 0.29) is 6.42 Å². The van der Waals surface area contributed by atoms with E-state index < -0.39 is 5.97 Å². The van der Waals surface area contributed by atoms with E-state index >= 15 is 0 Å². The van der Waals surface area contributed by atoms with Crippen molar-refractivity contribution in [2.45, 2.75) is 46.1 Å². The highest BCUT2D eigenvalue weighted by Crippen LogP contribution is 2.26. The minimum atomic E-state index is -0.813. The van der Waals surface area contributed by atoms with Crippen molar-refractivity contribution in [3.05, 3.63) is 29.6 Å². The van der Waals surface area contributed by atoms with E-state index in [1.165, 1.54) is 0 Å². The maximum Gasteiger partial charge on any atom is 0.307 e. The third kappa shape index (κ3) is 2.62. The zero-order chi connectivity index (χ0) is 14.2. The van der Waals surface area contributed by atoms with Gasteiger partial charge in [0.2, 0.25) is 0 Å². The second-order valence-corrected chi connectivity index (χ2v) is 5.48. The molecule has 0 radical (unpaired) electrons. The fraction of sp³-hybridized carbons (Fsp3) is 0.467. The van der Waals surface area contributed by atoms with Gasteiger partial charge < -0.3 is 9.67 Å². The van der Waals surface area contributed by atoms with Gasteiger partial charge in [0.15, 0.2) is 0 Å².